The summed E-state index contributed by atoms with van der Waals surface area (Å²) in [5, 5.41) is 10.7. The second-order valence-corrected chi connectivity index (χ2v) is 8.32. The van der Waals surface area contributed by atoms with Crippen molar-refractivity contribution in [2.45, 2.75) is 20.0 Å². The van der Waals surface area contributed by atoms with E-state index in [1.165, 1.54) is 17.0 Å². The Morgan fingerprint density at radius 1 is 1.06 bits per heavy atom. The second-order valence-electron chi connectivity index (χ2n) is 7.32. The van der Waals surface area contributed by atoms with Crippen LogP contribution in [-0.2, 0) is 11.4 Å². The number of rotatable bonds is 7. The van der Waals surface area contributed by atoms with E-state index in [0.717, 1.165) is 33.7 Å². The van der Waals surface area contributed by atoms with Crippen LogP contribution in [0.15, 0.2) is 65.6 Å². The number of carbonyl (C=O) groups excluding carboxylic acids is 2. The molecular weight excluding hydrogens is 426 g/mol. The third-order valence-electron chi connectivity index (χ3n) is 5.12. The SMILES string of the molecule is CCCN1C(=O)S/C(=C/c2c(OCc3ccc(C(=O)O)cc3)ccc3ccccc23)C1=O. The van der Waals surface area contributed by atoms with Gasteiger partial charge < -0.3 is 9.84 Å². The Labute approximate surface area is 189 Å². The summed E-state index contributed by atoms with van der Waals surface area (Å²) in [6.45, 7) is 2.55. The van der Waals surface area contributed by atoms with Crippen LogP contribution in [0.4, 0.5) is 4.79 Å². The van der Waals surface area contributed by atoms with Gasteiger partial charge in [0.25, 0.3) is 11.1 Å². The predicted octanol–water partition coefficient (Wildman–Crippen LogP) is 5.56. The molecule has 0 aliphatic carbocycles. The molecule has 2 amide bonds. The number of benzene rings is 3. The molecule has 4 rings (SSSR count). The smallest absolute Gasteiger partial charge is 0.335 e. The summed E-state index contributed by atoms with van der Waals surface area (Å²) < 4.78 is 6.07. The summed E-state index contributed by atoms with van der Waals surface area (Å²) in [5.74, 6) is -0.690. The van der Waals surface area contributed by atoms with Gasteiger partial charge in [-0.2, -0.15) is 0 Å². The highest BCUT2D eigenvalue weighted by Gasteiger charge is 2.34. The van der Waals surface area contributed by atoms with Crippen molar-refractivity contribution in [1.82, 2.24) is 4.90 Å². The Balaban J connectivity index is 1.68. The van der Waals surface area contributed by atoms with E-state index in [9.17, 15) is 14.4 Å². The number of ether oxygens (including phenoxy) is 1. The van der Waals surface area contributed by atoms with Crippen molar-refractivity contribution in [2.75, 3.05) is 6.54 Å². The molecular formula is C25H21NO5S. The minimum atomic E-state index is -0.980. The van der Waals surface area contributed by atoms with Crippen LogP contribution < -0.4 is 4.74 Å². The first-order valence-corrected chi connectivity index (χ1v) is 11.0. The molecule has 3 aromatic carbocycles. The normalized spacial score (nSPS) is 15.0. The first kappa shape index (κ1) is 21.6. The van der Waals surface area contributed by atoms with Crippen LogP contribution >= 0.6 is 11.8 Å². The van der Waals surface area contributed by atoms with Crippen molar-refractivity contribution >= 4 is 45.7 Å². The molecule has 6 nitrogen and oxygen atoms in total. The van der Waals surface area contributed by atoms with Gasteiger partial charge in [-0.3, -0.25) is 14.5 Å². The molecule has 0 unspecified atom stereocenters. The number of hydrogen-bond donors (Lipinski definition) is 1. The Morgan fingerprint density at radius 3 is 2.53 bits per heavy atom. The third kappa shape index (κ3) is 4.38. The Kier molecular flexibility index (Phi) is 6.28. The Hall–Kier alpha value is -3.58. The van der Waals surface area contributed by atoms with Crippen LogP contribution in [0.25, 0.3) is 16.8 Å². The van der Waals surface area contributed by atoms with Gasteiger partial charge in [0.2, 0.25) is 0 Å². The van der Waals surface area contributed by atoms with Gasteiger partial charge in [-0.1, -0.05) is 49.4 Å². The summed E-state index contributed by atoms with van der Waals surface area (Å²) >= 11 is 0.940. The molecule has 0 atom stereocenters. The van der Waals surface area contributed by atoms with Crippen molar-refractivity contribution in [3.05, 3.63) is 82.3 Å². The molecule has 0 radical (unpaired) electrons. The van der Waals surface area contributed by atoms with Crippen LogP contribution in [0.2, 0.25) is 0 Å². The third-order valence-corrected chi connectivity index (χ3v) is 6.03. The number of imide groups is 1. The lowest BCUT2D eigenvalue weighted by Gasteiger charge is -2.13. The van der Waals surface area contributed by atoms with Gasteiger partial charge in [0.15, 0.2) is 0 Å². The standard InChI is InChI=1S/C25H21NO5S/c1-2-13-26-23(27)22(32-25(26)30)14-20-19-6-4-3-5-17(19)11-12-21(20)31-15-16-7-9-18(10-8-16)24(28)29/h3-12,14H,2,13,15H2,1H3,(H,28,29)/b22-14+. The zero-order chi connectivity index (χ0) is 22.7. The Morgan fingerprint density at radius 2 is 1.81 bits per heavy atom. The topological polar surface area (TPSA) is 83.9 Å². The molecule has 7 heteroatoms. The molecule has 1 aliphatic rings. The number of amides is 2. The zero-order valence-corrected chi connectivity index (χ0v) is 18.2. The first-order valence-electron chi connectivity index (χ1n) is 10.2. The number of thioether (sulfide) groups is 1. The summed E-state index contributed by atoms with van der Waals surface area (Å²) in [5.41, 5.74) is 1.76. The highest BCUT2D eigenvalue weighted by atomic mass is 32.2. The quantitative estimate of drug-likeness (QED) is 0.477. The monoisotopic (exact) mass is 447 g/mol. The first-order chi connectivity index (χ1) is 15.5. The fraction of sp³-hybridized carbons (Fsp3) is 0.160. The maximum absolute atomic E-state index is 12.8. The molecule has 162 valence electrons. The van der Waals surface area contributed by atoms with Crippen LogP contribution in [0.1, 0.15) is 34.8 Å². The average Bonchev–Trinajstić information content (AvgIpc) is 3.06. The average molecular weight is 448 g/mol. The van der Waals surface area contributed by atoms with E-state index in [-0.39, 0.29) is 23.3 Å². The molecule has 3 aromatic rings. The molecule has 0 bridgehead atoms. The molecule has 1 heterocycles. The number of carboxylic acids is 1. The van der Waals surface area contributed by atoms with E-state index in [2.05, 4.69) is 0 Å². The van der Waals surface area contributed by atoms with Crippen LogP contribution in [0.5, 0.6) is 5.75 Å². The number of fused-ring (bicyclic) bond motifs is 1. The van der Waals surface area contributed by atoms with Crippen molar-refractivity contribution in [3.63, 3.8) is 0 Å². The number of nitrogens with zero attached hydrogens (tertiary/aromatic N) is 1. The largest absolute Gasteiger partial charge is 0.488 e. The second kappa shape index (κ2) is 9.28. The van der Waals surface area contributed by atoms with E-state index in [1.807, 2.05) is 43.3 Å². The number of aromatic carboxylic acids is 1. The van der Waals surface area contributed by atoms with E-state index in [4.69, 9.17) is 9.84 Å². The van der Waals surface area contributed by atoms with Gasteiger partial charge in [0.1, 0.15) is 12.4 Å². The van der Waals surface area contributed by atoms with E-state index in [0.29, 0.717) is 23.6 Å². The minimum absolute atomic E-state index is 0.211. The summed E-state index contributed by atoms with van der Waals surface area (Å²) in [6.07, 6.45) is 2.43. The Bertz CT molecular complexity index is 1230. The maximum atomic E-state index is 12.8. The highest BCUT2D eigenvalue weighted by molar-refractivity contribution is 8.18. The molecule has 0 aromatic heterocycles. The summed E-state index contributed by atoms with van der Waals surface area (Å²) in [7, 11) is 0. The van der Waals surface area contributed by atoms with E-state index < -0.39 is 5.97 Å². The van der Waals surface area contributed by atoms with Gasteiger partial charge >= 0.3 is 5.97 Å². The number of carboxylic acid groups (broad SMARTS) is 1. The molecule has 1 aliphatic heterocycles. The highest BCUT2D eigenvalue weighted by Crippen LogP contribution is 2.37. The van der Waals surface area contributed by atoms with Crippen molar-refractivity contribution in [2.24, 2.45) is 0 Å². The zero-order valence-electron chi connectivity index (χ0n) is 17.4. The van der Waals surface area contributed by atoms with Gasteiger partial charge in [-0.25, -0.2) is 4.79 Å². The molecule has 32 heavy (non-hydrogen) atoms. The van der Waals surface area contributed by atoms with Gasteiger partial charge in [0, 0.05) is 12.1 Å². The van der Waals surface area contributed by atoms with E-state index in [1.54, 1.807) is 18.2 Å². The van der Waals surface area contributed by atoms with Crippen molar-refractivity contribution in [3.8, 4) is 5.75 Å². The summed E-state index contributed by atoms with van der Waals surface area (Å²) in [6, 6.07) is 18.0. The van der Waals surface area contributed by atoms with Crippen molar-refractivity contribution < 1.29 is 24.2 Å². The molecule has 0 saturated carbocycles. The number of hydrogen-bond acceptors (Lipinski definition) is 5. The minimum Gasteiger partial charge on any atom is -0.488 e. The predicted molar refractivity (Wildman–Crippen MR) is 125 cm³/mol. The maximum Gasteiger partial charge on any atom is 0.335 e. The summed E-state index contributed by atoms with van der Waals surface area (Å²) in [4.78, 5) is 37.7. The molecule has 1 N–H and O–H groups in total. The van der Waals surface area contributed by atoms with E-state index >= 15 is 0 Å². The van der Waals surface area contributed by atoms with Crippen molar-refractivity contribution in [1.29, 1.82) is 0 Å². The lowest BCUT2D eigenvalue weighted by atomic mass is 10.0. The lowest BCUT2D eigenvalue weighted by molar-refractivity contribution is -0.122. The lowest BCUT2D eigenvalue weighted by Crippen LogP contribution is -2.28. The van der Waals surface area contributed by atoms with Crippen LogP contribution in [0, 0.1) is 0 Å². The van der Waals surface area contributed by atoms with Crippen LogP contribution in [0.3, 0.4) is 0 Å². The van der Waals surface area contributed by atoms with Gasteiger partial charge in [-0.15, -0.1) is 0 Å². The fourth-order valence-corrected chi connectivity index (χ4v) is 4.35. The van der Waals surface area contributed by atoms with Gasteiger partial charge in [0.05, 0.1) is 10.5 Å². The number of carbonyl (C=O) groups is 3. The molecule has 0 spiro atoms. The van der Waals surface area contributed by atoms with Gasteiger partial charge in [-0.05, 0) is 58.8 Å². The molecule has 1 saturated heterocycles. The van der Waals surface area contributed by atoms with Crippen LogP contribution in [-0.4, -0.2) is 33.7 Å². The molecule has 1 fully saturated rings. The fourth-order valence-electron chi connectivity index (χ4n) is 3.50.